The van der Waals surface area contributed by atoms with E-state index < -0.39 is 8.25 Å². The van der Waals surface area contributed by atoms with Crippen molar-refractivity contribution < 1.29 is 13.6 Å². The first-order valence-electron chi connectivity index (χ1n) is 8.07. The monoisotopic (exact) mass is 341 g/mol. The minimum atomic E-state index is -2.26. The Kier molecular flexibility index (Phi) is 7.25. The molecular weight excluding hydrogens is 319 g/mol. The van der Waals surface area contributed by atoms with E-state index in [-0.39, 0.29) is 0 Å². The van der Waals surface area contributed by atoms with Gasteiger partial charge in [-0.2, -0.15) is 0 Å². The number of hydrogen-bond acceptors (Lipinski definition) is 3. The Morgan fingerprint density at radius 3 is 1.46 bits per heavy atom. The Morgan fingerprint density at radius 1 is 0.750 bits per heavy atom. The quantitative estimate of drug-likeness (QED) is 0.504. The van der Waals surface area contributed by atoms with Gasteiger partial charge in [0, 0.05) is 4.57 Å². The third-order valence-electron chi connectivity index (χ3n) is 3.21. The van der Waals surface area contributed by atoms with E-state index in [1.807, 2.05) is 36.4 Å². The van der Waals surface area contributed by atoms with Crippen LogP contribution in [-0.2, 0) is 4.57 Å². The lowest BCUT2D eigenvalue weighted by Crippen LogP contribution is -1.89. The van der Waals surface area contributed by atoms with Crippen LogP contribution in [0.5, 0.6) is 11.5 Å². The Hall–Kier alpha value is -2.38. The van der Waals surface area contributed by atoms with Gasteiger partial charge in [-0.15, -0.1) is 0 Å². The molecule has 0 aliphatic carbocycles. The molecule has 0 fully saturated rings. The fourth-order valence-electron chi connectivity index (χ4n) is 1.98. The maximum atomic E-state index is 12.0. The van der Waals surface area contributed by atoms with Gasteiger partial charge in [-0.05, 0) is 48.2 Å². The van der Waals surface area contributed by atoms with Crippen molar-refractivity contribution in [1.29, 1.82) is 0 Å². The molecular formula is C20H22O3P+. The molecule has 2 rings (SSSR count). The van der Waals surface area contributed by atoms with E-state index in [2.05, 4.69) is 26.0 Å². The number of allylic oxidation sites excluding steroid dienone is 2. The standard InChI is InChI=1S/C20H22O3P/c1-3-5-7-17-9-13-19(14-10-17)22-24(21)23-20-15-11-18(12-16-20)8-6-4-2/h5-16H,3-4H2,1-2H3/q+1. The number of rotatable bonds is 8. The van der Waals surface area contributed by atoms with Crippen molar-refractivity contribution in [3.8, 4) is 11.5 Å². The van der Waals surface area contributed by atoms with Gasteiger partial charge >= 0.3 is 8.25 Å². The molecule has 2 aromatic rings. The summed E-state index contributed by atoms with van der Waals surface area (Å²) in [6, 6.07) is 14.8. The molecule has 0 N–H and O–H groups in total. The van der Waals surface area contributed by atoms with Crippen molar-refractivity contribution >= 4 is 20.4 Å². The molecule has 0 amide bonds. The van der Waals surface area contributed by atoms with E-state index >= 15 is 0 Å². The zero-order valence-corrected chi connectivity index (χ0v) is 14.9. The van der Waals surface area contributed by atoms with Crippen molar-refractivity contribution in [2.45, 2.75) is 26.7 Å². The van der Waals surface area contributed by atoms with Crippen LogP contribution in [-0.4, -0.2) is 0 Å². The molecule has 0 aliphatic rings. The van der Waals surface area contributed by atoms with Crippen LogP contribution in [0, 0.1) is 0 Å². The molecule has 0 saturated heterocycles. The maximum absolute atomic E-state index is 12.0. The molecule has 0 bridgehead atoms. The van der Waals surface area contributed by atoms with Crippen LogP contribution >= 0.6 is 8.25 Å². The van der Waals surface area contributed by atoms with Gasteiger partial charge in [0.15, 0.2) is 11.5 Å². The van der Waals surface area contributed by atoms with Gasteiger partial charge in [0.1, 0.15) is 0 Å². The minimum absolute atomic E-state index is 0.521. The third kappa shape index (κ3) is 6.02. The summed E-state index contributed by atoms with van der Waals surface area (Å²) in [5.74, 6) is 1.04. The Morgan fingerprint density at radius 2 is 1.12 bits per heavy atom. The molecule has 4 heteroatoms. The number of benzene rings is 2. The molecule has 3 nitrogen and oxygen atoms in total. The summed E-state index contributed by atoms with van der Waals surface area (Å²) < 4.78 is 22.6. The molecule has 0 spiro atoms. The molecule has 0 aromatic heterocycles. The van der Waals surface area contributed by atoms with Crippen LogP contribution in [0.4, 0.5) is 0 Å². The van der Waals surface area contributed by atoms with Gasteiger partial charge in [-0.3, -0.25) is 0 Å². The highest BCUT2D eigenvalue weighted by Crippen LogP contribution is 2.30. The zero-order valence-electron chi connectivity index (χ0n) is 14.0. The topological polar surface area (TPSA) is 35.5 Å². The molecule has 0 unspecified atom stereocenters. The molecule has 2 aromatic carbocycles. The first-order chi connectivity index (χ1) is 11.7. The third-order valence-corrected chi connectivity index (χ3v) is 3.93. The summed E-state index contributed by atoms with van der Waals surface area (Å²) in [5, 5.41) is 0. The van der Waals surface area contributed by atoms with Crippen LogP contribution in [0.15, 0.2) is 60.7 Å². The lowest BCUT2D eigenvalue weighted by Gasteiger charge is -1.97. The van der Waals surface area contributed by atoms with Crippen molar-refractivity contribution in [2.24, 2.45) is 0 Å². The highest BCUT2D eigenvalue weighted by molar-refractivity contribution is 7.34. The molecule has 0 heterocycles. The normalized spacial score (nSPS) is 11.8. The lowest BCUT2D eigenvalue weighted by atomic mass is 10.2. The smallest absolute Gasteiger partial charge is 0.222 e. The van der Waals surface area contributed by atoms with Crippen LogP contribution in [0.3, 0.4) is 0 Å². The van der Waals surface area contributed by atoms with Gasteiger partial charge < -0.3 is 0 Å². The first kappa shape index (κ1) is 18.0. The van der Waals surface area contributed by atoms with Crippen LogP contribution < -0.4 is 9.05 Å². The summed E-state index contributed by atoms with van der Waals surface area (Å²) in [5.41, 5.74) is 2.16. The van der Waals surface area contributed by atoms with E-state index in [9.17, 15) is 4.57 Å². The summed E-state index contributed by atoms with van der Waals surface area (Å²) in [7, 11) is -2.26. The predicted octanol–water partition coefficient (Wildman–Crippen LogP) is 6.65. The second kappa shape index (κ2) is 9.69. The van der Waals surface area contributed by atoms with Gasteiger partial charge in [0.2, 0.25) is 0 Å². The average Bonchev–Trinajstić information content (AvgIpc) is 2.60. The van der Waals surface area contributed by atoms with Crippen LogP contribution in [0.25, 0.3) is 12.2 Å². The molecule has 0 atom stereocenters. The lowest BCUT2D eigenvalue weighted by molar-refractivity contribution is 0.415. The Balaban J connectivity index is 1.90. The maximum Gasteiger partial charge on any atom is 0.805 e. The van der Waals surface area contributed by atoms with E-state index in [4.69, 9.17) is 9.05 Å². The molecule has 124 valence electrons. The molecule has 0 aliphatic heterocycles. The largest absolute Gasteiger partial charge is 0.805 e. The zero-order chi connectivity index (χ0) is 17.2. The predicted molar refractivity (Wildman–Crippen MR) is 100 cm³/mol. The Bertz CT molecular complexity index is 639. The second-order valence-electron chi connectivity index (χ2n) is 5.17. The highest BCUT2D eigenvalue weighted by Gasteiger charge is 2.23. The Labute approximate surface area is 144 Å². The van der Waals surface area contributed by atoms with Gasteiger partial charge in [0.25, 0.3) is 0 Å². The van der Waals surface area contributed by atoms with E-state index in [0.717, 1.165) is 24.0 Å². The summed E-state index contributed by atoms with van der Waals surface area (Å²) in [6.07, 6.45) is 10.2. The molecule has 0 saturated carbocycles. The molecule has 24 heavy (non-hydrogen) atoms. The SMILES string of the molecule is CCC=Cc1ccc(O[P+](=O)Oc2ccc(C=CCC)cc2)cc1. The van der Waals surface area contributed by atoms with E-state index in [1.165, 1.54) is 0 Å². The van der Waals surface area contributed by atoms with Crippen molar-refractivity contribution in [2.75, 3.05) is 0 Å². The minimum Gasteiger partial charge on any atom is -0.222 e. The van der Waals surface area contributed by atoms with Gasteiger partial charge in [-0.25, -0.2) is 9.05 Å². The van der Waals surface area contributed by atoms with Crippen LogP contribution in [0.2, 0.25) is 0 Å². The number of hydrogen-bond donors (Lipinski definition) is 0. The van der Waals surface area contributed by atoms with Crippen molar-refractivity contribution in [1.82, 2.24) is 0 Å². The summed E-state index contributed by atoms with van der Waals surface area (Å²) in [4.78, 5) is 0. The molecule has 0 radical (unpaired) electrons. The fraction of sp³-hybridized carbons (Fsp3) is 0.200. The van der Waals surface area contributed by atoms with E-state index in [0.29, 0.717) is 11.5 Å². The van der Waals surface area contributed by atoms with Gasteiger partial charge in [-0.1, -0.05) is 62.4 Å². The van der Waals surface area contributed by atoms with E-state index in [1.54, 1.807) is 24.3 Å². The van der Waals surface area contributed by atoms with Crippen LogP contribution in [0.1, 0.15) is 37.8 Å². The van der Waals surface area contributed by atoms with Crippen molar-refractivity contribution in [3.05, 3.63) is 71.8 Å². The highest BCUT2D eigenvalue weighted by atomic mass is 31.1. The second-order valence-corrected chi connectivity index (χ2v) is 5.98. The first-order valence-corrected chi connectivity index (χ1v) is 9.17. The summed E-state index contributed by atoms with van der Waals surface area (Å²) >= 11 is 0. The fourth-order valence-corrected chi connectivity index (χ4v) is 2.60. The summed E-state index contributed by atoms with van der Waals surface area (Å²) in [6.45, 7) is 4.17. The van der Waals surface area contributed by atoms with Crippen molar-refractivity contribution in [3.63, 3.8) is 0 Å². The average molecular weight is 341 g/mol. The van der Waals surface area contributed by atoms with Gasteiger partial charge in [0.05, 0.1) is 0 Å².